The van der Waals surface area contributed by atoms with E-state index in [-0.39, 0.29) is 6.61 Å². The van der Waals surface area contributed by atoms with E-state index in [1.54, 1.807) is 0 Å². The van der Waals surface area contributed by atoms with E-state index in [4.69, 9.17) is 16.2 Å². The zero-order valence-electron chi connectivity index (χ0n) is 4.58. The summed E-state index contributed by atoms with van der Waals surface area (Å²) in [7, 11) is -3.42. The molecule has 0 aliphatic rings. The molecule has 0 rings (SSSR count). The minimum absolute atomic E-state index is 0.141. The van der Waals surface area contributed by atoms with Gasteiger partial charge in [0.25, 0.3) is 9.05 Å². The van der Waals surface area contributed by atoms with Crippen molar-refractivity contribution in [2.24, 2.45) is 0 Å². The van der Waals surface area contributed by atoms with E-state index in [1.807, 2.05) is 0 Å². The molecule has 56 valence electrons. The van der Waals surface area contributed by atoms with Gasteiger partial charge >= 0.3 is 0 Å². The highest BCUT2D eigenvalue weighted by Gasteiger charge is 1.96. The lowest BCUT2D eigenvalue weighted by Crippen LogP contribution is -2.03. The number of alkyl halides is 1. The molecule has 0 aliphatic heterocycles. The molecule has 0 aromatic heterocycles. The third-order valence-corrected chi connectivity index (χ3v) is 1.53. The molecule has 0 spiro atoms. The molecule has 6 heteroatoms. The van der Waals surface area contributed by atoms with Crippen molar-refractivity contribution in [2.45, 2.75) is 6.42 Å². The highest BCUT2D eigenvalue weighted by atomic mass is 35.5. The van der Waals surface area contributed by atoms with Crippen molar-refractivity contribution in [3.8, 4) is 0 Å². The molecule has 0 saturated heterocycles. The van der Waals surface area contributed by atoms with E-state index in [1.165, 1.54) is 0 Å². The van der Waals surface area contributed by atoms with Crippen molar-refractivity contribution in [2.75, 3.05) is 12.5 Å². The van der Waals surface area contributed by atoms with Crippen LogP contribution in [0.2, 0.25) is 0 Å². The van der Waals surface area contributed by atoms with Crippen molar-refractivity contribution in [3.05, 3.63) is 0 Å². The van der Waals surface area contributed by atoms with Gasteiger partial charge in [0.2, 0.25) is 0 Å². The van der Waals surface area contributed by atoms with Gasteiger partial charge in [-0.2, -0.15) is 4.21 Å². The van der Waals surface area contributed by atoms with Gasteiger partial charge in [-0.1, -0.05) is 0 Å². The average Bonchev–Trinajstić information content (AvgIpc) is 1.63. The molecule has 1 unspecified atom stereocenters. The van der Waals surface area contributed by atoms with E-state index in [9.17, 15) is 4.21 Å². The smallest absolute Gasteiger partial charge is 0.266 e. The SMILES string of the molecule is O=S(O)(=S)OCCCCl. The second kappa shape index (κ2) is 4.40. The van der Waals surface area contributed by atoms with Gasteiger partial charge < -0.3 is 0 Å². The lowest BCUT2D eigenvalue weighted by atomic mass is 10.5. The summed E-state index contributed by atoms with van der Waals surface area (Å²) in [6, 6.07) is 0. The van der Waals surface area contributed by atoms with E-state index < -0.39 is 9.05 Å². The van der Waals surface area contributed by atoms with Gasteiger partial charge in [-0.3, -0.25) is 8.74 Å². The Morgan fingerprint density at radius 2 is 2.33 bits per heavy atom. The Hall–Kier alpha value is 0.580. The summed E-state index contributed by atoms with van der Waals surface area (Å²) in [5.74, 6) is 0.408. The molecule has 0 heterocycles. The summed E-state index contributed by atoms with van der Waals surface area (Å²) in [4.78, 5) is 0. The van der Waals surface area contributed by atoms with Crippen LogP contribution in [0.1, 0.15) is 6.42 Å². The summed E-state index contributed by atoms with van der Waals surface area (Å²) in [6.07, 6.45) is 0.537. The lowest BCUT2D eigenvalue weighted by molar-refractivity contribution is 0.305. The highest BCUT2D eigenvalue weighted by molar-refractivity contribution is 8.27. The van der Waals surface area contributed by atoms with Gasteiger partial charge in [0, 0.05) is 17.1 Å². The average molecular weight is 191 g/mol. The van der Waals surface area contributed by atoms with E-state index in [0.717, 1.165) is 0 Å². The van der Waals surface area contributed by atoms with Crippen LogP contribution in [-0.2, 0) is 24.4 Å². The third kappa shape index (κ3) is 8.58. The van der Waals surface area contributed by atoms with Crippen molar-refractivity contribution >= 4 is 31.8 Å². The van der Waals surface area contributed by atoms with Crippen LogP contribution in [-0.4, -0.2) is 21.2 Å². The first-order chi connectivity index (χ1) is 4.06. The molecule has 0 radical (unpaired) electrons. The summed E-state index contributed by atoms with van der Waals surface area (Å²) in [6.45, 7) is 0.141. The maximum Gasteiger partial charge on any atom is 0.266 e. The first-order valence-electron chi connectivity index (χ1n) is 2.24. The Morgan fingerprint density at radius 1 is 1.78 bits per heavy atom. The van der Waals surface area contributed by atoms with Gasteiger partial charge in [0.1, 0.15) is 0 Å². The van der Waals surface area contributed by atoms with Crippen molar-refractivity contribution in [1.29, 1.82) is 0 Å². The largest absolute Gasteiger partial charge is 0.285 e. The zero-order valence-corrected chi connectivity index (χ0v) is 6.97. The summed E-state index contributed by atoms with van der Waals surface area (Å²) in [5, 5.41) is 0. The normalized spacial score (nSPS) is 17.1. The fraction of sp³-hybridized carbons (Fsp3) is 1.00. The molecule has 0 aliphatic carbocycles. The Kier molecular flexibility index (Phi) is 4.69. The standard InChI is InChI=1S/C3H7ClO3S2/c4-2-1-3-7-9(5,6)8/h1-3H2,(H,5,6,8). The molecule has 3 nitrogen and oxygen atoms in total. The Labute approximate surface area is 64.1 Å². The van der Waals surface area contributed by atoms with E-state index in [0.29, 0.717) is 12.3 Å². The number of rotatable bonds is 4. The second-order valence-corrected chi connectivity index (χ2v) is 4.03. The molecule has 0 amide bonds. The maximum atomic E-state index is 10.2. The lowest BCUT2D eigenvalue weighted by Gasteiger charge is -1.97. The van der Waals surface area contributed by atoms with Crippen molar-refractivity contribution in [1.82, 2.24) is 0 Å². The minimum atomic E-state index is -3.42. The summed E-state index contributed by atoms with van der Waals surface area (Å²) >= 11 is 9.26. The fourth-order valence-electron chi connectivity index (χ4n) is 0.219. The predicted molar refractivity (Wildman–Crippen MR) is 39.4 cm³/mol. The first kappa shape index (κ1) is 9.58. The van der Waals surface area contributed by atoms with Crippen LogP contribution < -0.4 is 0 Å². The zero-order chi connectivity index (χ0) is 7.33. The Morgan fingerprint density at radius 3 is 2.67 bits per heavy atom. The van der Waals surface area contributed by atoms with Gasteiger partial charge in [0.05, 0.1) is 6.61 Å². The van der Waals surface area contributed by atoms with Crippen LogP contribution in [0.4, 0.5) is 0 Å². The topological polar surface area (TPSA) is 46.5 Å². The predicted octanol–water partition coefficient (Wildman–Crippen LogP) is 0.766. The fourth-order valence-corrected chi connectivity index (χ4v) is 0.860. The number of hydrogen-bond donors (Lipinski definition) is 1. The monoisotopic (exact) mass is 190 g/mol. The first-order valence-corrected chi connectivity index (χ1v) is 5.14. The molecular weight excluding hydrogens is 184 g/mol. The maximum absolute atomic E-state index is 10.2. The van der Waals surface area contributed by atoms with Crippen LogP contribution in [0.5, 0.6) is 0 Å². The van der Waals surface area contributed by atoms with Gasteiger partial charge in [-0.25, -0.2) is 0 Å². The molecule has 0 bridgehead atoms. The highest BCUT2D eigenvalue weighted by Crippen LogP contribution is 1.91. The van der Waals surface area contributed by atoms with Crippen molar-refractivity contribution in [3.63, 3.8) is 0 Å². The van der Waals surface area contributed by atoms with Gasteiger partial charge in [0.15, 0.2) is 0 Å². The van der Waals surface area contributed by atoms with Crippen LogP contribution in [0, 0.1) is 0 Å². The molecule has 0 saturated carbocycles. The molecule has 0 fully saturated rings. The summed E-state index contributed by atoms with van der Waals surface area (Å²) < 4.78 is 22.8. The molecular formula is C3H7ClO3S2. The molecule has 9 heavy (non-hydrogen) atoms. The third-order valence-electron chi connectivity index (χ3n) is 0.510. The van der Waals surface area contributed by atoms with Crippen molar-refractivity contribution < 1.29 is 12.9 Å². The summed E-state index contributed by atoms with van der Waals surface area (Å²) in [5.41, 5.74) is 0. The van der Waals surface area contributed by atoms with Gasteiger partial charge in [-0.05, 0) is 6.42 Å². The molecule has 0 aromatic carbocycles. The quantitative estimate of drug-likeness (QED) is 0.526. The van der Waals surface area contributed by atoms with E-state index >= 15 is 0 Å². The second-order valence-electron chi connectivity index (χ2n) is 1.29. The Bertz CT molecular complexity index is 152. The van der Waals surface area contributed by atoms with Crippen LogP contribution in [0.3, 0.4) is 0 Å². The van der Waals surface area contributed by atoms with E-state index in [2.05, 4.69) is 15.4 Å². The van der Waals surface area contributed by atoms with Crippen LogP contribution in [0.25, 0.3) is 0 Å². The van der Waals surface area contributed by atoms with Crippen LogP contribution >= 0.6 is 11.6 Å². The molecule has 0 aromatic rings. The van der Waals surface area contributed by atoms with Gasteiger partial charge in [-0.15, -0.1) is 11.6 Å². The number of halogens is 1. The minimum Gasteiger partial charge on any atom is -0.285 e. The number of hydrogen-bond acceptors (Lipinski definition) is 3. The van der Waals surface area contributed by atoms with Crippen LogP contribution in [0.15, 0.2) is 0 Å². The molecule has 1 atom stereocenters. The molecule has 1 N–H and O–H groups in total. The Balaban J connectivity index is 3.30.